The molecule has 1 aromatic carbocycles. The van der Waals surface area contributed by atoms with Crippen molar-refractivity contribution >= 4 is 5.91 Å². The summed E-state index contributed by atoms with van der Waals surface area (Å²) in [5.41, 5.74) is 1.09. The fourth-order valence-corrected chi connectivity index (χ4v) is 1.66. The molecule has 0 radical (unpaired) electrons. The number of benzene rings is 1. The number of hydrogen-bond donors (Lipinski definition) is 1. The Morgan fingerprint density at radius 2 is 2.05 bits per heavy atom. The van der Waals surface area contributed by atoms with E-state index < -0.39 is 0 Å². The number of carbonyl (C=O) groups excluding carboxylic acids is 1. The van der Waals surface area contributed by atoms with E-state index >= 15 is 0 Å². The third-order valence-electron chi connectivity index (χ3n) is 2.71. The molecular formula is C18H21NO2. The molecule has 1 amide bonds. The van der Waals surface area contributed by atoms with Crippen LogP contribution in [-0.4, -0.2) is 19.1 Å². The summed E-state index contributed by atoms with van der Waals surface area (Å²) in [6.45, 7) is 7.94. The zero-order valence-electron chi connectivity index (χ0n) is 12.2. The van der Waals surface area contributed by atoms with Gasteiger partial charge in [0.15, 0.2) is 0 Å². The molecule has 3 heteroatoms. The zero-order chi connectivity index (χ0) is 15.3. The molecule has 0 fully saturated rings. The average Bonchev–Trinajstić information content (AvgIpc) is 2.50. The van der Waals surface area contributed by atoms with Crippen LogP contribution in [0, 0.1) is 11.8 Å². The van der Waals surface area contributed by atoms with Crippen LogP contribution in [0.2, 0.25) is 0 Å². The summed E-state index contributed by atoms with van der Waals surface area (Å²) in [7, 11) is 0. The molecule has 0 aromatic heterocycles. The van der Waals surface area contributed by atoms with Crippen molar-refractivity contribution in [2.45, 2.75) is 19.3 Å². The molecule has 1 rings (SSSR count). The Kier molecular flexibility index (Phi) is 8.16. The Morgan fingerprint density at radius 1 is 1.24 bits per heavy atom. The number of hydrogen-bond acceptors (Lipinski definition) is 2. The second-order valence-corrected chi connectivity index (χ2v) is 4.35. The predicted molar refractivity (Wildman–Crippen MR) is 86.1 cm³/mol. The predicted octanol–water partition coefficient (Wildman–Crippen LogP) is 2.88. The van der Waals surface area contributed by atoms with Crippen LogP contribution in [-0.2, 0) is 11.2 Å². The summed E-state index contributed by atoms with van der Waals surface area (Å²) in [5, 5.41) is 2.72. The first-order valence-electron chi connectivity index (χ1n) is 6.93. The normalized spacial score (nSPS) is 9.14. The van der Waals surface area contributed by atoms with Crippen LogP contribution in [0.1, 0.15) is 18.4 Å². The lowest BCUT2D eigenvalue weighted by Gasteiger charge is -2.07. The second kappa shape index (κ2) is 10.3. The van der Waals surface area contributed by atoms with Crippen molar-refractivity contribution in [3.8, 4) is 17.6 Å². The summed E-state index contributed by atoms with van der Waals surface area (Å²) in [6, 6.07) is 7.81. The monoisotopic (exact) mass is 283 g/mol. The van der Waals surface area contributed by atoms with E-state index in [2.05, 4.69) is 30.3 Å². The van der Waals surface area contributed by atoms with E-state index in [9.17, 15) is 4.79 Å². The molecule has 0 bridgehead atoms. The van der Waals surface area contributed by atoms with Gasteiger partial charge in [0.2, 0.25) is 5.91 Å². The minimum atomic E-state index is -0.0125. The first kappa shape index (κ1) is 16.6. The van der Waals surface area contributed by atoms with Gasteiger partial charge in [-0.15, -0.1) is 13.2 Å². The van der Waals surface area contributed by atoms with E-state index in [4.69, 9.17) is 4.74 Å². The molecule has 21 heavy (non-hydrogen) atoms. The highest BCUT2D eigenvalue weighted by atomic mass is 16.5. The van der Waals surface area contributed by atoms with E-state index in [0.29, 0.717) is 26.0 Å². The van der Waals surface area contributed by atoms with Gasteiger partial charge in [-0.25, -0.2) is 0 Å². The molecule has 0 saturated heterocycles. The Bertz CT molecular complexity index is 538. The Hall–Kier alpha value is -2.47. The molecule has 0 heterocycles. The van der Waals surface area contributed by atoms with Crippen LogP contribution in [0.5, 0.6) is 5.75 Å². The number of amides is 1. The minimum absolute atomic E-state index is 0.0125. The first-order chi connectivity index (χ1) is 10.3. The minimum Gasteiger partial charge on any atom is -0.481 e. The second-order valence-electron chi connectivity index (χ2n) is 4.35. The molecule has 1 aromatic rings. The first-order valence-corrected chi connectivity index (χ1v) is 6.93. The van der Waals surface area contributed by atoms with Gasteiger partial charge < -0.3 is 10.1 Å². The highest BCUT2D eigenvalue weighted by Crippen LogP contribution is 2.18. The van der Waals surface area contributed by atoms with Gasteiger partial charge in [-0.1, -0.05) is 42.2 Å². The highest BCUT2D eigenvalue weighted by molar-refractivity contribution is 5.76. The molecule has 0 aliphatic carbocycles. The van der Waals surface area contributed by atoms with E-state index in [0.717, 1.165) is 17.7 Å². The van der Waals surface area contributed by atoms with Crippen LogP contribution < -0.4 is 10.1 Å². The Balaban J connectivity index is 2.31. The smallest absolute Gasteiger partial charge is 0.221 e. The van der Waals surface area contributed by atoms with E-state index in [1.807, 2.05) is 30.3 Å². The Labute approximate surface area is 126 Å². The third-order valence-corrected chi connectivity index (χ3v) is 2.71. The average molecular weight is 283 g/mol. The summed E-state index contributed by atoms with van der Waals surface area (Å²) >= 11 is 0. The lowest BCUT2D eigenvalue weighted by molar-refractivity contribution is -0.120. The number of para-hydroxylation sites is 1. The van der Waals surface area contributed by atoms with Crippen molar-refractivity contribution in [2.24, 2.45) is 0 Å². The third kappa shape index (κ3) is 7.03. The standard InChI is InChI=1S/C18H21NO2/c1-3-5-13-18(20)19-14-8-9-15-21-17-12-7-6-11-16(17)10-4-2/h3-4,6-7,11-12H,1-2,5,10,13-15H2,(H,19,20). The maximum Gasteiger partial charge on any atom is 0.221 e. The lowest BCUT2D eigenvalue weighted by atomic mass is 10.1. The number of rotatable bonds is 8. The molecule has 3 nitrogen and oxygen atoms in total. The van der Waals surface area contributed by atoms with Crippen molar-refractivity contribution in [3.05, 3.63) is 55.1 Å². The lowest BCUT2D eigenvalue weighted by Crippen LogP contribution is -2.22. The van der Waals surface area contributed by atoms with Crippen molar-refractivity contribution in [3.63, 3.8) is 0 Å². The van der Waals surface area contributed by atoms with Crippen LogP contribution in [0.15, 0.2) is 49.6 Å². The van der Waals surface area contributed by atoms with E-state index in [-0.39, 0.29) is 5.91 Å². The maximum atomic E-state index is 11.3. The van der Waals surface area contributed by atoms with Gasteiger partial charge in [-0.05, 0) is 24.5 Å². The SMILES string of the molecule is C=CCCC(=O)NCC#CCOc1ccccc1CC=C. The van der Waals surface area contributed by atoms with Gasteiger partial charge in [0, 0.05) is 6.42 Å². The van der Waals surface area contributed by atoms with E-state index in [1.165, 1.54) is 0 Å². The molecule has 1 N–H and O–H groups in total. The maximum absolute atomic E-state index is 11.3. The number of allylic oxidation sites excluding steroid dienone is 2. The Morgan fingerprint density at radius 3 is 2.81 bits per heavy atom. The summed E-state index contributed by atoms with van der Waals surface area (Å²) in [5.74, 6) is 6.55. The van der Waals surface area contributed by atoms with Gasteiger partial charge in [0.05, 0.1) is 6.54 Å². The van der Waals surface area contributed by atoms with Gasteiger partial charge in [0.1, 0.15) is 12.4 Å². The van der Waals surface area contributed by atoms with Crippen LogP contribution in [0.25, 0.3) is 0 Å². The number of carbonyl (C=O) groups is 1. The van der Waals surface area contributed by atoms with Crippen LogP contribution in [0.3, 0.4) is 0 Å². The van der Waals surface area contributed by atoms with E-state index in [1.54, 1.807) is 6.08 Å². The van der Waals surface area contributed by atoms with Crippen molar-refractivity contribution in [1.29, 1.82) is 0 Å². The molecule has 0 unspecified atom stereocenters. The molecular weight excluding hydrogens is 262 g/mol. The van der Waals surface area contributed by atoms with Gasteiger partial charge in [0.25, 0.3) is 0 Å². The fourth-order valence-electron chi connectivity index (χ4n) is 1.66. The van der Waals surface area contributed by atoms with Crippen molar-refractivity contribution in [1.82, 2.24) is 5.32 Å². The number of nitrogens with one attached hydrogen (secondary N) is 1. The van der Waals surface area contributed by atoms with Crippen molar-refractivity contribution < 1.29 is 9.53 Å². The molecule has 0 atom stereocenters. The van der Waals surface area contributed by atoms with Gasteiger partial charge in [-0.3, -0.25) is 4.79 Å². The quantitative estimate of drug-likeness (QED) is 0.588. The fraction of sp³-hybridized carbons (Fsp3) is 0.278. The topological polar surface area (TPSA) is 38.3 Å². The summed E-state index contributed by atoms with van der Waals surface area (Å²) in [4.78, 5) is 11.3. The molecule has 110 valence electrons. The summed E-state index contributed by atoms with van der Waals surface area (Å²) < 4.78 is 5.61. The number of ether oxygens (including phenoxy) is 1. The molecule has 0 spiro atoms. The molecule has 0 aliphatic heterocycles. The van der Waals surface area contributed by atoms with Crippen molar-refractivity contribution in [2.75, 3.05) is 13.2 Å². The van der Waals surface area contributed by atoms with Crippen LogP contribution in [0.4, 0.5) is 0 Å². The molecule has 0 aliphatic rings. The largest absolute Gasteiger partial charge is 0.481 e. The highest BCUT2D eigenvalue weighted by Gasteiger charge is 1.99. The van der Waals surface area contributed by atoms with Gasteiger partial charge in [-0.2, -0.15) is 0 Å². The zero-order valence-corrected chi connectivity index (χ0v) is 12.2. The molecule has 0 saturated carbocycles. The summed E-state index contributed by atoms with van der Waals surface area (Å²) in [6.07, 6.45) is 5.47. The van der Waals surface area contributed by atoms with Gasteiger partial charge >= 0.3 is 0 Å². The van der Waals surface area contributed by atoms with Crippen LogP contribution >= 0.6 is 0 Å².